The molecule has 0 aromatic heterocycles. The summed E-state index contributed by atoms with van der Waals surface area (Å²) in [4.78, 5) is 0. The van der Waals surface area contributed by atoms with Gasteiger partial charge in [0.25, 0.3) is 0 Å². The fourth-order valence-corrected chi connectivity index (χ4v) is 5.28. The highest BCUT2D eigenvalue weighted by Gasteiger charge is 2.22. The number of benzene rings is 6. The largest absolute Gasteiger partial charge is 0.0622 e. The number of hydrogen-bond acceptors (Lipinski definition) is 0. The smallest absolute Gasteiger partial charge is 0.00201 e. The van der Waals surface area contributed by atoms with Crippen LogP contribution in [0.5, 0.6) is 0 Å². The summed E-state index contributed by atoms with van der Waals surface area (Å²) in [5, 5.41) is 5.25. The first-order chi connectivity index (χ1) is 15.9. The van der Waals surface area contributed by atoms with E-state index < -0.39 is 0 Å². The molecule has 0 heterocycles. The first-order valence-electron chi connectivity index (χ1n) is 11.1. The van der Waals surface area contributed by atoms with Crippen molar-refractivity contribution >= 4 is 21.5 Å². The molecular formula is C32H20. The normalized spacial score (nSPS) is 11.8. The lowest BCUT2D eigenvalue weighted by molar-refractivity contribution is 1.64. The molecule has 0 aliphatic heterocycles. The Labute approximate surface area is 187 Å². The first kappa shape index (κ1) is 17.5. The van der Waals surface area contributed by atoms with E-state index in [9.17, 15) is 0 Å². The van der Waals surface area contributed by atoms with Crippen LogP contribution in [0.4, 0.5) is 0 Å². The predicted octanol–water partition coefficient (Wildman–Crippen LogP) is 8.97. The van der Waals surface area contributed by atoms with Gasteiger partial charge >= 0.3 is 0 Å². The minimum absolute atomic E-state index is 1.26. The van der Waals surface area contributed by atoms with Crippen molar-refractivity contribution in [3.8, 4) is 44.5 Å². The quantitative estimate of drug-likeness (QED) is 0.270. The molecule has 0 amide bonds. The fraction of sp³-hybridized carbons (Fsp3) is 0. The van der Waals surface area contributed by atoms with Gasteiger partial charge in [-0.3, -0.25) is 0 Å². The second kappa shape index (κ2) is 6.67. The third kappa shape index (κ3) is 2.50. The molecule has 0 N–H and O–H groups in total. The van der Waals surface area contributed by atoms with Crippen molar-refractivity contribution in [1.29, 1.82) is 0 Å². The van der Waals surface area contributed by atoms with Gasteiger partial charge in [0.15, 0.2) is 0 Å². The van der Waals surface area contributed by atoms with E-state index in [4.69, 9.17) is 0 Å². The number of hydrogen-bond donors (Lipinski definition) is 0. The molecule has 0 heteroatoms. The van der Waals surface area contributed by atoms with Crippen LogP contribution in [-0.4, -0.2) is 0 Å². The molecule has 6 aromatic rings. The third-order valence-electron chi connectivity index (χ3n) is 6.81. The number of fused-ring (bicyclic) bond motifs is 4. The molecule has 148 valence electrons. The third-order valence-corrected chi connectivity index (χ3v) is 6.81. The van der Waals surface area contributed by atoms with Crippen molar-refractivity contribution in [3.05, 3.63) is 121 Å². The second-order valence-corrected chi connectivity index (χ2v) is 8.58. The fourth-order valence-electron chi connectivity index (χ4n) is 5.28. The Morgan fingerprint density at radius 1 is 0.312 bits per heavy atom. The first-order valence-corrected chi connectivity index (χ1v) is 11.1. The molecule has 0 radical (unpaired) electrons. The van der Waals surface area contributed by atoms with Crippen molar-refractivity contribution in [2.75, 3.05) is 0 Å². The molecule has 0 fully saturated rings. The maximum atomic E-state index is 2.33. The van der Waals surface area contributed by atoms with Crippen LogP contribution >= 0.6 is 0 Å². The van der Waals surface area contributed by atoms with Crippen molar-refractivity contribution in [1.82, 2.24) is 0 Å². The summed E-state index contributed by atoms with van der Waals surface area (Å²) < 4.78 is 0. The standard InChI is InChI=1S/C32H20/c1-2-7-21(8-3-1)22-13-14-24-20-25(16-15-23(24)19-22)26-17-18-31-28-10-5-4-9-27(28)30-12-6-11-29(26)32(30)31/h1-20H. The maximum absolute atomic E-state index is 2.33. The minimum Gasteiger partial charge on any atom is -0.0622 e. The summed E-state index contributed by atoms with van der Waals surface area (Å²) in [7, 11) is 0. The summed E-state index contributed by atoms with van der Waals surface area (Å²) in [6, 6.07) is 44.3. The molecule has 0 atom stereocenters. The Kier molecular flexibility index (Phi) is 3.65. The van der Waals surface area contributed by atoms with Crippen LogP contribution in [0.1, 0.15) is 0 Å². The van der Waals surface area contributed by atoms with Crippen LogP contribution in [0.2, 0.25) is 0 Å². The van der Waals surface area contributed by atoms with Gasteiger partial charge < -0.3 is 0 Å². The van der Waals surface area contributed by atoms with Crippen molar-refractivity contribution in [3.63, 3.8) is 0 Å². The molecule has 1 aliphatic carbocycles. The highest BCUT2D eigenvalue weighted by molar-refractivity contribution is 6.18. The van der Waals surface area contributed by atoms with E-state index in [1.54, 1.807) is 0 Å². The van der Waals surface area contributed by atoms with Crippen LogP contribution in [0.3, 0.4) is 0 Å². The molecule has 6 aromatic carbocycles. The van der Waals surface area contributed by atoms with Crippen LogP contribution in [0, 0.1) is 0 Å². The van der Waals surface area contributed by atoms with Crippen LogP contribution in [-0.2, 0) is 0 Å². The van der Waals surface area contributed by atoms with E-state index in [-0.39, 0.29) is 0 Å². The SMILES string of the molecule is c1ccc(-c2ccc3cc(-c4ccc5c6c(cccc46)-c4ccccc4-5)ccc3c2)cc1. The second-order valence-electron chi connectivity index (χ2n) is 8.58. The Balaban J connectivity index is 1.40. The van der Waals surface area contributed by atoms with Gasteiger partial charge in [0.05, 0.1) is 0 Å². The van der Waals surface area contributed by atoms with E-state index in [0.29, 0.717) is 0 Å². The molecule has 7 rings (SSSR count). The average Bonchev–Trinajstić information content (AvgIpc) is 3.20. The van der Waals surface area contributed by atoms with Gasteiger partial charge in [-0.2, -0.15) is 0 Å². The van der Waals surface area contributed by atoms with Gasteiger partial charge in [0.2, 0.25) is 0 Å². The molecule has 0 saturated carbocycles. The van der Waals surface area contributed by atoms with Crippen LogP contribution < -0.4 is 0 Å². The molecular weight excluding hydrogens is 384 g/mol. The van der Waals surface area contributed by atoms with Gasteiger partial charge in [-0.1, -0.05) is 109 Å². The van der Waals surface area contributed by atoms with Crippen molar-refractivity contribution < 1.29 is 0 Å². The monoisotopic (exact) mass is 404 g/mol. The molecule has 32 heavy (non-hydrogen) atoms. The van der Waals surface area contributed by atoms with Gasteiger partial charge in [0.1, 0.15) is 0 Å². The van der Waals surface area contributed by atoms with E-state index >= 15 is 0 Å². The summed E-state index contributed by atoms with van der Waals surface area (Å²) in [5.41, 5.74) is 10.5. The zero-order valence-electron chi connectivity index (χ0n) is 17.5. The highest BCUT2D eigenvalue weighted by atomic mass is 14.2. The zero-order valence-corrected chi connectivity index (χ0v) is 17.5. The van der Waals surface area contributed by atoms with E-state index in [1.807, 2.05) is 0 Å². The summed E-state index contributed by atoms with van der Waals surface area (Å²) >= 11 is 0. The topological polar surface area (TPSA) is 0 Å². The molecule has 0 saturated heterocycles. The van der Waals surface area contributed by atoms with Crippen molar-refractivity contribution in [2.45, 2.75) is 0 Å². The van der Waals surface area contributed by atoms with E-state index in [2.05, 4.69) is 121 Å². The molecule has 0 nitrogen and oxygen atoms in total. The lowest BCUT2D eigenvalue weighted by Gasteiger charge is -2.11. The maximum Gasteiger partial charge on any atom is -0.00201 e. The summed E-state index contributed by atoms with van der Waals surface area (Å²) in [5.74, 6) is 0. The van der Waals surface area contributed by atoms with Crippen LogP contribution in [0.15, 0.2) is 121 Å². The minimum atomic E-state index is 1.26. The summed E-state index contributed by atoms with van der Waals surface area (Å²) in [6.45, 7) is 0. The lowest BCUT2D eigenvalue weighted by Crippen LogP contribution is -1.85. The Morgan fingerprint density at radius 2 is 0.906 bits per heavy atom. The number of rotatable bonds is 2. The highest BCUT2D eigenvalue weighted by Crippen LogP contribution is 2.49. The average molecular weight is 405 g/mol. The van der Waals surface area contributed by atoms with E-state index in [1.165, 1.54) is 66.1 Å². The van der Waals surface area contributed by atoms with Gasteiger partial charge in [-0.05, 0) is 78.2 Å². The van der Waals surface area contributed by atoms with Crippen molar-refractivity contribution in [2.24, 2.45) is 0 Å². The molecule has 0 bridgehead atoms. The lowest BCUT2D eigenvalue weighted by atomic mass is 9.92. The van der Waals surface area contributed by atoms with Gasteiger partial charge in [-0.25, -0.2) is 0 Å². The van der Waals surface area contributed by atoms with E-state index in [0.717, 1.165) is 0 Å². The zero-order chi connectivity index (χ0) is 21.1. The molecule has 0 unspecified atom stereocenters. The van der Waals surface area contributed by atoms with Gasteiger partial charge in [-0.15, -0.1) is 0 Å². The van der Waals surface area contributed by atoms with Gasteiger partial charge in [0, 0.05) is 0 Å². The predicted molar refractivity (Wildman–Crippen MR) is 137 cm³/mol. The Bertz CT molecular complexity index is 1630. The Morgan fingerprint density at radius 3 is 1.69 bits per heavy atom. The van der Waals surface area contributed by atoms with Crippen LogP contribution in [0.25, 0.3) is 66.1 Å². The summed E-state index contributed by atoms with van der Waals surface area (Å²) in [6.07, 6.45) is 0. The molecule has 0 spiro atoms. The Hall–Kier alpha value is -4.16. The molecule has 1 aliphatic rings.